The molecule has 5 nitrogen and oxygen atoms in total. The third-order valence-corrected chi connectivity index (χ3v) is 3.91. The summed E-state index contributed by atoms with van der Waals surface area (Å²) in [5, 5.41) is 12.5. The maximum Gasteiger partial charge on any atom is 0.191 e. The Morgan fingerprint density at radius 2 is 2.21 bits per heavy atom. The maximum absolute atomic E-state index is 4.39. The minimum Gasteiger partial charge on any atom is -0.370 e. The van der Waals surface area contributed by atoms with E-state index in [9.17, 15) is 0 Å². The number of nitrogens with one attached hydrogen (secondary N) is 1. The van der Waals surface area contributed by atoms with E-state index < -0.39 is 0 Å². The molecular formula is C13H19N5S. The number of aromatic nitrogens is 4. The fourth-order valence-electron chi connectivity index (χ4n) is 1.61. The zero-order valence-electron chi connectivity index (χ0n) is 11.6. The lowest BCUT2D eigenvalue weighted by Gasteiger charge is -2.09. The van der Waals surface area contributed by atoms with E-state index in [2.05, 4.69) is 33.5 Å². The molecule has 2 heterocycles. The zero-order valence-corrected chi connectivity index (χ0v) is 12.4. The molecule has 2 rings (SSSR count). The summed E-state index contributed by atoms with van der Waals surface area (Å²) < 4.78 is 2.00. The predicted molar refractivity (Wildman–Crippen MR) is 78.3 cm³/mol. The van der Waals surface area contributed by atoms with E-state index in [0.29, 0.717) is 0 Å². The Bertz CT molecular complexity index is 538. The minimum absolute atomic E-state index is 0.839. The molecule has 0 aliphatic heterocycles. The Kier molecular flexibility index (Phi) is 4.79. The molecule has 0 bridgehead atoms. The molecule has 0 aliphatic carbocycles. The Labute approximate surface area is 117 Å². The summed E-state index contributed by atoms with van der Waals surface area (Å²) in [5.41, 5.74) is 1.20. The molecule has 0 saturated heterocycles. The van der Waals surface area contributed by atoms with Gasteiger partial charge in [-0.1, -0.05) is 24.8 Å². The second-order valence-electron chi connectivity index (χ2n) is 4.32. The fourth-order valence-corrected chi connectivity index (χ4v) is 2.56. The number of hydrogen-bond acceptors (Lipinski definition) is 5. The van der Waals surface area contributed by atoms with Crippen LogP contribution in [0.2, 0.25) is 0 Å². The lowest BCUT2D eigenvalue weighted by molar-refractivity contribution is 0.765. The second kappa shape index (κ2) is 6.56. The van der Waals surface area contributed by atoms with Gasteiger partial charge in [-0.05, 0) is 19.4 Å². The van der Waals surface area contributed by atoms with Crippen LogP contribution in [0, 0.1) is 6.92 Å². The Morgan fingerprint density at radius 3 is 2.89 bits per heavy atom. The highest BCUT2D eigenvalue weighted by atomic mass is 32.2. The molecule has 0 unspecified atom stereocenters. The van der Waals surface area contributed by atoms with Crippen LogP contribution in [0.1, 0.15) is 24.7 Å². The van der Waals surface area contributed by atoms with Crippen molar-refractivity contribution in [3.63, 3.8) is 0 Å². The molecule has 0 fully saturated rings. The highest BCUT2D eigenvalue weighted by Crippen LogP contribution is 2.24. The van der Waals surface area contributed by atoms with Gasteiger partial charge in [0.25, 0.3) is 0 Å². The van der Waals surface area contributed by atoms with E-state index in [-0.39, 0.29) is 0 Å². The van der Waals surface area contributed by atoms with Crippen molar-refractivity contribution in [3.05, 3.63) is 29.7 Å². The normalized spacial score (nSPS) is 10.7. The van der Waals surface area contributed by atoms with Crippen LogP contribution in [0.15, 0.2) is 23.5 Å². The van der Waals surface area contributed by atoms with Gasteiger partial charge in [0.2, 0.25) is 0 Å². The van der Waals surface area contributed by atoms with Crippen LogP contribution in [0.25, 0.3) is 0 Å². The summed E-state index contributed by atoms with van der Waals surface area (Å²) in [5.74, 6) is 2.74. The van der Waals surface area contributed by atoms with E-state index >= 15 is 0 Å². The summed E-state index contributed by atoms with van der Waals surface area (Å²) in [6, 6.07) is 4.07. The smallest absolute Gasteiger partial charge is 0.191 e. The third kappa shape index (κ3) is 3.47. The topological polar surface area (TPSA) is 55.6 Å². The summed E-state index contributed by atoms with van der Waals surface area (Å²) in [4.78, 5) is 4.39. The van der Waals surface area contributed by atoms with E-state index in [1.807, 2.05) is 30.8 Å². The highest BCUT2D eigenvalue weighted by molar-refractivity contribution is 7.98. The first-order valence-electron chi connectivity index (χ1n) is 6.39. The molecule has 0 amide bonds. The molecule has 2 aromatic heterocycles. The van der Waals surface area contributed by atoms with Gasteiger partial charge < -0.3 is 9.88 Å². The zero-order chi connectivity index (χ0) is 13.7. The molecular weight excluding hydrogens is 258 g/mol. The first-order chi connectivity index (χ1) is 9.22. The molecule has 102 valence electrons. The predicted octanol–water partition coefficient (Wildman–Crippen LogP) is 2.63. The standard InChI is InChI=1S/C13H19N5S/c1-4-7-14-12-11(6-5-8-15-12)9-19-13-17-16-10(2)18(13)3/h5-6,8H,4,7,9H2,1-3H3,(H,14,15). The molecule has 0 radical (unpaired) electrons. The van der Waals surface area contributed by atoms with Gasteiger partial charge in [-0.3, -0.25) is 0 Å². The van der Waals surface area contributed by atoms with Gasteiger partial charge in [0.15, 0.2) is 5.16 Å². The van der Waals surface area contributed by atoms with Crippen LogP contribution in [-0.2, 0) is 12.8 Å². The number of anilines is 1. The van der Waals surface area contributed by atoms with Crippen molar-refractivity contribution in [2.45, 2.75) is 31.2 Å². The molecule has 19 heavy (non-hydrogen) atoms. The second-order valence-corrected chi connectivity index (χ2v) is 5.26. The maximum atomic E-state index is 4.39. The number of nitrogens with zero attached hydrogens (tertiary/aromatic N) is 4. The van der Waals surface area contributed by atoms with E-state index in [4.69, 9.17) is 0 Å². The molecule has 0 saturated carbocycles. The Balaban J connectivity index is 2.04. The molecule has 0 spiro atoms. The van der Waals surface area contributed by atoms with E-state index in [0.717, 1.165) is 35.5 Å². The van der Waals surface area contributed by atoms with Gasteiger partial charge >= 0.3 is 0 Å². The molecule has 0 atom stereocenters. The van der Waals surface area contributed by atoms with Crippen molar-refractivity contribution in [3.8, 4) is 0 Å². The summed E-state index contributed by atoms with van der Waals surface area (Å²) >= 11 is 1.68. The van der Waals surface area contributed by atoms with Crippen molar-refractivity contribution >= 4 is 17.6 Å². The molecule has 0 aliphatic rings. The first kappa shape index (κ1) is 13.9. The van der Waals surface area contributed by atoms with Gasteiger partial charge in [-0.25, -0.2) is 4.98 Å². The number of rotatable bonds is 6. The molecule has 0 aromatic carbocycles. The van der Waals surface area contributed by atoms with E-state index in [1.165, 1.54) is 5.56 Å². The van der Waals surface area contributed by atoms with Crippen LogP contribution in [0.4, 0.5) is 5.82 Å². The third-order valence-electron chi connectivity index (χ3n) is 2.84. The van der Waals surface area contributed by atoms with Gasteiger partial charge in [-0.15, -0.1) is 10.2 Å². The molecule has 6 heteroatoms. The van der Waals surface area contributed by atoms with Crippen molar-refractivity contribution in [2.75, 3.05) is 11.9 Å². The highest BCUT2D eigenvalue weighted by Gasteiger charge is 2.08. The van der Waals surface area contributed by atoms with Gasteiger partial charge in [0.1, 0.15) is 11.6 Å². The van der Waals surface area contributed by atoms with Crippen LogP contribution in [0.5, 0.6) is 0 Å². The quantitative estimate of drug-likeness (QED) is 0.823. The average Bonchev–Trinajstić information content (AvgIpc) is 2.75. The van der Waals surface area contributed by atoms with Crippen molar-refractivity contribution in [2.24, 2.45) is 7.05 Å². The fraction of sp³-hybridized carbons (Fsp3) is 0.462. The summed E-state index contributed by atoms with van der Waals surface area (Å²) in [6.45, 7) is 5.04. The lowest BCUT2D eigenvalue weighted by atomic mass is 10.3. The van der Waals surface area contributed by atoms with E-state index in [1.54, 1.807) is 11.8 Å². The van der Waals surface area contributed by atoms with Crippen LogP contribution in [-0.4, -0.2) is 26.3 Å². The van der Waals surface area contributed by atoms with Crippen LogP contribution >= 0.6 is 11.8 Å². The Morgan fingerprint density at radius 1 is 1.37 bits per heavy atom. The molecule has 2 aromatic rings. The SMILES string of the molecule is CCCNc1ncccc1CSc1nnc(C)n1C. The number of hydrogen-bond donors (Lipinski definition) is 1. The summed E-state index contributed by atoms with van der Waals surface area (Å²) in [7, 11) is 1.98. The monoisotopic (exact) mass is 277 g/mol. The van der Waals surface area contributed by atoms with Gasteiger partial charge in [-0.2, -0.15) is 0 Å². The number of thioether (sulfide) groups is 1. The first-order valence-corrected chi connectivity index (χ1v) is 7.37. The number of pyridine rings is 1. The van der Waals surface area contributed by atoms with Crippen molar-refractivity contribution in [1.82, 2.24) is 19.7 Å². The lowest BCUT2D eigenvalue weighted by Crippen LogP contribution is -2.04. The van der Waals surface area contributed by atoms with Gasteiger partial charge in [0, 0.05) is 31.1 Å². The Hall–Kier alpha value is -1.56. The average molecular weight is 277 g/mol. The van der Waals surface area contributed by atoms with Crippen LogP contribution in [0.3, 0.4) is 0 Å². The summed E-state index contributed by atoms with van der Waals surface area (Å²) in [6.07, 6.45) is 2.91. The minimum atomic E-state index is 0.839. The number of aryl methyl sites for hydroxylation is 1. The van der Waals surface area contributed by atoms with Crippen molar-refractivity contribution < 1.29 is 0 Å². The molecule has 1 N–H and O–H groups in total. The van der Waals surface area contributed by atoms with Crippen molar-refractivity contribution in [1.29, 1.82) is 0 Å². The van der Waals surface area contributed by atoms with Gasteiger partial charge in [0.05, 0.1) is 0 Å². The van der Waals surface area contributed by atoms with Crippen LogP contribution < -0.4 is 5.32 Å². The largest absolute Gasteiger partial charge is 0.370 e.